The van der Waals surface area contributed by atoms with Gasteiger partial charge in [0.2, 0.25) is 21.8 Å². The summed E-state index contributed by atoms with van der Waals surface area (Å²) in [6.07, 6.45) is 6.43. The van der Waals surface area contributed by atoms with Gasteiger partial charge in [-0.3, -0.25) is 13.9 Å². The third-order valence-corrected chi connectivity index (χ3v) is 8.86. The number of sulfonamides is 1. The van der Waals surface area contributed by atoms with Crippen LogP contribution < -0.4 is 9.62 Å². The molecule has 38 heavy (non-hydrogen) atoms. The summed E-state index contributed by atoms with van der Waals surface area (Å²) < 4.78 is 26.5. The van der Waals surface area contributed by atoms with Crippen molar-refractivity contribution in [3.05, 3.63) is 62.6 Å². The van der Waals surface area contributed by atoms with Crippen molar-refractivity contribution >= 4 is 62.3 Å². The van der Waals surface area contributed by atoms with Crippen molar-refractivity contribution in [2.45, 2.75) is 71.0 Å². The van der Waals surface area contributed by atoms with Gasteiger partial charge in [0.15, 0.2) is 0 Å². The smallest absolute Gasteiger partial charge is 0.244 e. The fourth-order valence-electron chi connectivity index (χ4n) is 4.77. The van der Waals surface area contributed by atoms with Gasteiger partial charge in [0.25, 0.3) is 0 Å². The molecule has 2 aromatic rings. The first kappa shape index (κ1) is 30.5. The van der Waals surface area contributed by atoms with Gasteiger partial charge in [-0.1, -0.05) is 90.8 Å². The summed E-state index contributed by atoms with van der Waals surface area (Å²) in [6.45, 7) is 3.37. The van der Waals surface area contributed by atoms with Crippen molar-refractivity contribution in [1.29, 1.82) is 0 Å². The van der Waals surface area contributed by atoms with Crippen molar-refractivity contribution < 1.29 is 18.0 Å². The third kappa shape index (κ3) is 8.01. The van der Waals surface area contributed by atoms with Crippen LogP contribution in [-0.4, -0.2) is 50.0 Å². The van der Waals surface area contributed by atoms with Crippen molar-refractivity contribution in [3.8, 4) is 0 Å². The van der Waals surface area contributed by atoms with E-state index in [0.717, 1.165) is 53.8 Å². The molecule has 0 aromatic heterocycles. The number of carbonyl (C=O) groups excluding carboxylic acids is 2. The Balaban J connectivity index is 1.96. The average Bonchev–Trinajstić information content (AvgIpc) is 2.84. The lowest BCUT2D eigenvalue weighted by Crippen LogP contribution is -2.54. The van der Waals surface area contributed by atoms with Gasteiger partial charge in [-0.25, -0.2) is 8.42 Å². The molecule has 0 radical (unpaired) electrons. The summed E-state index contributed by atoms with van der Waals surface area (Å²) in [7, 11) is -3.95. The van der Waals surface area contributed by atoms with E-state index in [4.69, 9.17) is 34.8 Å². The van der Waals surface area contributed by atoms with E-state index in [-0.39, 0.29) is 39.2 Å². The lowest BCUT2D eigenvalue weighted by molar-refractivity contribution is -0.140. The third-order valence-electron chi connectivity index (χ3n) is 6.71. The number of anilines is 1. The van der Waals surface area contributed by atoms with E-state index in [1.165, 1.54) is 17.0 Å². The number of rotatable bonds is 10. The van der Waals surface area contributed by atoms with Crippen LogP contribution in [0, 0.1) is 6.92 Å². The molecule has 3 rings (SSSR count). The lowest BCUT2D eigenvalue weighted by Gasteiger charge is -2.34. The van der Waals surface area contributed by atoms with Gasteiger partial charge in [-0.2, -0.15) is 0 Å². The van der Waals surface area contributed by atoms with Crippen LogP contribution in [0.15, 0.2) is 36.4 Å². The number of aryl methyl sites for hydroxylation is 1. The molecule has 2 amide bonds. The van der Waals surface area contributed by atoms with Crippen molar-refractivity contribution in [2.24, 2.45) is 0 Å². The maximum Gasteiger partial charge on any atom is 0.244 e. The normalized spacial score (nSPS) is 15.1. The Kier molecular flexibility index (Phi) is 10.7. The minimum Gasteiger partial charge on any atom is -0.352 e. The van der Waals surface area contributed by atoms with Crippen LogP contribution in [0.2, 0.25) is 15.1 Å². The van der Waals surface area contributed by atoms with E-state index >= 15 is 0 Å². The van der Waals surface area contributed by atoms with Gasteiger partial charge < -0.3 is 10.2 Å². The highest BCUT2D eigenvalue weighted by Crippen LogP contribution is 2.35. The monoisotopic (exact) mass is 601 g/mol. The topological polar surface area (TPSA) is 86.8 Å². The fourth-order valence-corrected chi connectivity index (χ4v) is 6.32. The van der Waals surface area contributed by atoms with Crippen molar-refractivity contribution in [2.75, 3.05) is 17.1 Å². The van der Waals surface area contributed by atoms with E-state index in [2.05, 4.69) is 5.32 Å². The Morgan fingerprint density at radius 1 is 1.03 bits per heavy atom. The van der Waals surface area contributed by atoms with E-state index < -0.39 is 28.5 Å². The average molecular weight is 603 g/mol. The molecule has 1 aliphatic rings. The van der Waals surface area contributed by atoms with Crippen LogP contribution in [0.4, 0.5) is 5.69 Å². The van der Waals surface area contributed by atoms with Crippen molar-refractivity contribution in [3.63, 3.8) is 0 Å². The molecule has 1 aliphatic carbocycles. The molecule has 1 saturated carbocycles. The molecular weight excluding hydrogens is 569 g/mol. The molecule has 0 saturated heterocycles. The minimum atomic E-state index is -3.95. The molecule has 1 fully saturated rings. The SMILES string of the molecule is CC[C@@H](C(=O)NC1CCCCC1)N(Cc1cccc(C)c1)C(=O)CN(c1cc(Cl)c(Cl)cc1Cl)S(C)(=O)=O. The van der Waals surface area contributed by atoms with E-state index in [9.17, 15) is 18.0 Å². The van der Waals surface area contributed by atoms with Gasteiger partial charge in [-0.05, 0) is 43.9 Å². The first-order chi connectivity index (χ1) is 17.9. The number of hydrogen-bond acceptors (Lipinski definition) is 4. The van der Waals surface area contributed by atoms with Crippen LogP contribution >= 0.6 is 34.8 Å². The summed E-state index contributed by atoms with van der Waals surface area (Å²) in [5.74, 6) is -0.774. The number of nitrogens with one attached hydrogen (secondary N) is 1. The summed E-state index contributed by atoms with van der Waals surface area (Å²) in [6, 6.07) is 9.59. The van der Waals surface area contributed by atoms with Gasteiger partial charge in [0.05, 0.1) is 27.0 Å². The second-order valence-corrected chi connectivity index (χ2v) is 12.9. The molecule has 1 atom stereocenters. The Morgan fingerprint density at radius 3 is 2.29 bits per heavy atom. The zero-order valence-corrected chi connectivity index (χ0v) is 24.9. The number of carbonyl (C=O) groups is 2. The highest BCUT2D eigenvalue weighted by molar-refractivity contribution is 7.92. The van der Waals surface area contributed by atoms with Crippen molar-refractivity contribution in [1.82, 2.24) is 10.2 Å². The van der Waals surface area contributed by atoms with Gasteiger partial charge in [0.1, 0.15) is 12.6 Å². The number of amides is 2. The first-order valence-corrected chi connectivity index (χ1v) is 15.7. The van der Waals surface area contributed by atoms with E-state index in [1.807, 2.05) is 38.1 Å². The number of hydrogen-bond donors (Lipinski definition) is 1. The molecule has 0 unspecified atom stereocenters. The Bertz CT molecular complexity index is 1270. The van der Waals surface area contributed by atoms with Gasteiger partial charge >= 0.3 is 0 Å². The summed E-state index contributed by atoms with van der Waals surface area (Å²) in [4.78, 5) is 28.8. The quantitative estimate of drug-likeness (QED) is 0.339. The van der Waals surface area contributed by atoms with Gasteiger partial charge in [-0.15, -0.1) is 0 Å². The molecule has 0 heterocycles. The first-order valence-electron chi connectivity index (χ1n) is 12.7. The van der Waals surface area contributed by atoms with Crippen LogP contribution in [-0.2, 0) is 26.2 Å². The molecule has 2 aromatic carbocycles. The second-order valence-electron chi connectivity index (χ2n) is 9.77. The number of nitrogens with zero attached hydrogens (tertiary/aromatic N) is 2. The molecule has 0 aliphatic heterocycles. The zero-order chi connectivity index (χ0) is 28.0. The minimum absolute atomic E-state index is 0.0324. The molecular formula is C27H34Cl3N3O4S. The summed E-state index contributed by atoms with van der Waals surface area (Å²) in [5, 5.41) is 3.41. The standard InChI is InChI=1S/C27H34Cl3N3O4S/c1-4-24(27(35)31-20-11-6-5-7-12-20)32(16-19-10-8-9-18(2)13-19)26(34)17-33(38(3,36)37)25-15-22(29)21(28)14-23(25)30/h8-10,13-15,20,24H,4-7,11-12,16-17H2,1-3H3,(H,31,35)/t24-/m0/s1. The Hall–Kier alpha value is -2.00. The molecule has 7 nitrogen and oxygen atoms in total. The molecule has 11 heteroatoms. The molecule has 0 spiro atoms. The fraction of sp³-hybridized carbons (Fsp3) is 0.481. The maximum absolute atomic E-state index is 13.9. The molecule has 1 N–H and O–H groups in total. The Labute approximate surface area is 240 Å². The summed E-state index contributed by atoms with van der Waals surface area (Å²) in [5.41, 5.74) is 1.88. The summed E-state index contributed by atoms with van der Waals surface area (Å²) >= 11 is 18.5. The largest absolute Gasteiger partial charge is 0.352 e. The second kappa shape index (κ2) is 13.4. The van der Waals surface area contributed by atoms with Crippen LogP contribution in [0.1, 0.15) is 56.6 Å². The van der Waals surface area contributed by atoms with E-state index in [1.54, 1.807) is 0 Å². The van der Waals surface area contributed by atoms with Crippen LogP contribution in [0.5, 0.6) is 0 Å². The number of benzene rings is 2. The Morgan fingerprint density at radius 2 is 1.68 bits per heavy atom. The zero-order valence-electron chi connectivity index (χ0n) is 21.8. The van der Waals surface area contributed by atoms with E-state index in [0.29, 0.717) is 6.42 Å². The molecule has 208 valence electrons. The molecule has 0 bridgehead atoms. The predicted octanol–water partition coefficient (Wildman–Crippen LogP) is 5.98. The predicted molar refractivity (Wildman–Crippen MR) is 154 cm³/mol. The highest BCUT2D eigenvalue weighted by atomic mass is 35.5. The van der Waals surface area contributed by atoms with Crippen LogP contribution in [0.25, 0.3) is 0 Å². The van der Waals surface area contributed by atoms with Crippen LogP contribution in [0.3, 0.4) is 0 Å². The maximum atomic E-state index is 13.9. The van der Waals surface area contributed by atoms with Gasteiger partial charge in [0, 0.05) is 12.6 Å². The lowest BCUT2D eigenvalue weighted by atomic mass is 9.95. The highest BCUT2D eigenvalue weighted by Gasteiger charge is 2.33. The number of halogens is 3.